The number of terminal acetylenes is 1. The molecule has 0 bridgehead atoms. The van der Waals surface area contributed by atoms with Gasteiger partial charge in [-0.15, -0.1) is 24.4 Å². The maximum atomic E-state index is 5.88. The highest BCUT2D eigenvalue weighted by Crippen LogP contribution is 2.22. The maximum absolute atomic E-state index is 5.88. The van der Waals surface area contributed by atoms with E-state index in [0.717, 1.165) is 52.0 Å². The first-order valence-electron chi connectivity index (χ1n) is 12.6. The van der Waals surface area contributed by atoms with Crippen molar-refractivity contribution < 1.29 is 0 Å². The predicted octanol–water partition coefficient (Wildman–Crippen LogP) is 7.79. The van der Waals surface area contributed by atoms with Crippen LogP contribution in [-0.2, 0) is 0 Å². The van der Waals surface area contributed by atoms with E-state index in [9.17, 15) is 0 Å². The lowest BCUT2D eigenvalue weighted by Gasteiger charge is -2.24. The Bertz CT molecular complexity index is 1190. The number of aryl methyl sites for hydroxylation is 1. The molecule has 0 aliphatic heterocycles. The van der Waals surface area contributed by atoms with Crippen molar-refractivity contribution in [2.45, 2.75) is 47.1 Å². The molecule has 1 aliphatic carbocycles. The van der Waals surface area contributed by atoms with Crippen LogP contribution in [0.15, 0.2) is 112 Å². The van der Waals surface area contributed by atoms with E-state index in [1.165, 1.54) is 0 Å². The second kappa shape index (κ2) is 17.6. The summed E-state index contributed by atoms with van der Waals surface area (Å²) in [5.41, 5.74) is 6.96. The Hall–Kier alpha value is -3.88. The van der Waals surface area contributed by atoms with Gasteiger partial charge in [-0.05, 0) is 76.6 Å². The second-order valence-corrected chi connectivity index (χ2v) is 8.84. The topological polar surface area (TPSA) is 52.9 Å². The zero-order valence-electron chi connectivity index (χ0n) is 23.4. The number of hydrogen-bond acceptors (Lipinski definition) is 5. The van der Waals surface area contributed by atoms with Gasteiger partial charge in [-0.2, -0.15) is 0 Å². The van der Waals surface area contributed by atoms with Gasteiger partial charge in [0.05, 0.1) is 40.4 Å². The van der Waals surface area contributed by atoms with Gasteiger partial charge in [-0.25, -0.2) is 4.99 Å². The molecule has 1 aliphatic rings. The molecule has 5 nitrogen and oxygen atoms in total. The predicted molar refractivity (Wildman–Crippen MR) is 168 cm³/mol. The molecule has 0 aromatic carbocycles. The van der Waals surface area contributed by atoms with Crippen LogP contribution in [0.25, 0.3) is 0 Å². The van der Waals surface area contributed by atoms with E-state index < -0.39 is 0 Å². The van der Waals surface area contributed by atoms with Crippen LogP contribution >= 0.6 is 11.6 Å². The number of hydrogen-bond donors (Lipinski definition) is 1. The van der Waals surface area contributed by atoms with E-state index in [2.05, 4.69) is 56.6 Å². The van der Waals surface area contributed by atoms with Crippen LogP contribution in [0, 0.1) is 19.8 Å². The molecule has 0 spiro atoms. The van der Waals surface area contributed by atoms with E-state index >= 15 is 0 Å². The van der Waals surface area contributed by atoms with Crippen LogP contribution in [0.4, 0.5) is 5.69 Å². The Morgan fingerprint density at radius 1 is 1.26 bits per heavy atom. The molecular weight excluding hydrogens is 490 g/mol. The average Bonchev–Trinajstić information content (AvgIpc) is 2.91. The van der Waals surface area contributed by atoms with Crippen molar-refractivity contribution in [1.82, 2.24) is 9.88 Å². The molecule has 0 saturated heterocycles. The molecule has 38 heavy (non-hydrogen) atoms. The Balaban J connectivity index is 0.00000352. The monoisotopic (exact) mass is 529 g/mol. The Morgan fingerprint density at radius 2 is 2.00 bits per heavy atom. The summed E-state index contributed by atoms with van der Waals surface area (Å²) in [6, 6.07) is 4.15. The van der Waals surface area contributed by atoms with Crippen LogP contribution in [0.2, 0.25) is 0 Å². The molecule has 6 heteroatoms. The van der Waals surface area contributed by atoms with Gasteiger partial charge in [0.1, 0.15) is 0 Å². The molecular formula is C32H40ClN5. The number of pyridine rings is 1. The lowest BCUT2D eigenvalue weighted by Crippen LogP contribution is -2.19. The third kappa shape index (κ3) is 10.6. The van der Waals surface area contributed by atoms with Gasteiger partial charge in [-0.3, -0.25) is 9.98 Å². The van der Waals surface area contributed by atoms with E-state index in [1.807, 2.05) is 92.7 Å². The maximum Gasteiger partial charge on any atom is 0.0867 e. The standard InChI is InChI=1S/C30H38ClN5.C2H2/c1-8-10-14-28(24(6)36(7)27(12-9-2)13-11-19-31)34-25-17-18-29(33-22(3)4)30(20-25)35-26-16-15-23(5)32-21-26;1-2/h8,10-18,20-22,35H,6,9,19H2,1-5,7H3;1-2H/b10-8-,13-11-,27-12+,28-14+,33-29?,34-25?;. The molecule has 0 amide bonds. The summed E-state index contributed by atoms with van der Waals surface area (Å²) in [5.74, 6) is 0.451. The number of aliphatic imine (C=N–C) groups is 2. The summed E-state index contributed by atoms with van der Waals surface area (Å²) in [6.07, 6.45) is 28.7. The zero-order valence-corrected chi connectivity index (χ0v) is 24.2. The highest BCUT2D eigenvalue weighted by molar-refractivity contribution is 6.22. The molecule has 0 fully saturated rings. The molecule has 1 aromatic rings. The lowest BCUT2D eigenvalue weighted by atomic mass is 10.1. The number of alkyl halides is 1. The minimum absolute atomic E-state index is 0.160. The molecule has 0 saturated carbocycles. The average molecular weight is 530 g/mol. The summed E-state index contributed by atoms with van der Waals surface area (Å²) < 4.78 is 0. The summed E-state index contributed by atoms with van der Waals surface area (Å²) >= 11 is 5.88. The minimum atomic E-state index is 0.160. The summed E-state index contributed by atoms with van der Waals surface area (Å²) in [4.78, 5) is 16.2. The fraction of sp³-hybridized carbons (Fsp3) is 0.281. The van der Waals surface area contributed by atoms with Crippen LogP contribution in [-0.4, -0.2) is 40.3 Å². The third-order valence-electron chi connectivity index (χ3n) is 5.14. The Labute approximate surface area is 234 Å². The smallest absolute Gasteiger partial charge is 0.0867 e. The fourth-order valence-electron chi connectivity index (χ4n) is 3.33. The zero-order chi connectivity index (χ0) is 28.5. The molecule has 2 rings (SSSR count). The van der Waals surface area contributed by atoms with E-state index in [0.29, 0.717) is 5.88 Å². The fourth-order valence-corrected chi connectivity index (χ4v) is 3.41. The van der Waals surface area contributed by atoms with Crippen LogP contribution in [0.3, 0.4) is 0 Å². The van der Waals surface area contributed by atoms with Gasteiger partial charge in [0, 0.05) is 30.4 Å². The Kier molecular flexibility index (Phi) is 14.9. The van der Waals surface area contributed by atoms with Crippen molar-refractivity contribution in [3.63, 3.8) is 0 Å². The number of likely N-dealkylation sites (N-methyl/N-ethyl adjacent to an activating group) is 1. The highest BCUT2D eigenvalue weighted by atomic mass is 35.5. The summed E-state index contributed by atoms with van der Waals surface area (Å²) in [7, 11) is 1.99. The van der Waals surface area contributed by atoms with E-state index in [1.54, 1.807) is 0 Å². The number of aromatic nitrogens is 1. The van der Waals surface area contributed by atoms with Crippen molar-refractivity contribution in [3.05, 3.63) is 108 Å². The highest BCUT2D eigenvalue weighted by Gasteiger charge is 2.15. The lowest BCUT2D eigenvalue weighted by molar-refractivity contribution is 0.543. The Morgan fingerprint density at radius 3 is 2.58 bits per heavy atom. The van der Waals surface area contributed by atoms with E-state index in [4.69, 9.17) is 21.6 Å². The number of halogens is 1. The van der Waals surface area contributed by atoms with Gasteiger partial charge in [0.2, 0.25) is 0 Å². The molecule has 0 unspecified atom stereocenters. The normalized spacial score (nSPS) is 16.2. The van der Waals surface area contributed by atoms with Crippen molar-refractivity contribution in [2.24, 2.45) is 9.98 Å². The van der Waals surface area contributed by atoms with Gasteiger partial charge in [-0.1, -0.05) is 37.8 Å². The molecule has 0 atom stereocenters. The number of anilines is 1. The molecule has 200 valence electrons. The van der Waals surface area contributed by atoms with Gasteiger partial charge >= 0.3 is 0 Å². The first-order chi connectivity index (χ1) is 18.3. The quantitative estimate of drug-likeness (QED) is 0.138. The minimum Gasteiger partial charge on any atom is -0.352 e. The number of nitrogens with one attached hydrogen (secondary N) is 1. The van der Waals surface area contributed by atoms with E-state index in [-0.39, 0.29) is 6.04 Å². The van der Waals surface area contributed by atoms with Crippen molar-refractivity contribution in [1.29, 1.82) is 0 Å². The molecule has 1 aromatic heterocycles. The molecule has 0 radical (unpaired) electrons. The van der Waals surface area contributed by atoms with Gasteiger partial charge < -0.3 is 10.2 Å². The SMILES string of the molecule is C#C.C=C(/C(=C\C=C/C)N=C1C=CC(=NC(C)C)C(Nc2ccc(C)nc2)=C1)N(C)C(/C=C\CCl)=C/CC. The first kappa shape index (κ1) is 32.1. The summed E-state index contributed by atoms with van der Waals surface area (Å²) in [5, 5.41) is 3.46. The third-order valence-corrected chi connectivity index (χ3v) is 5.32. The van der Waals surface area contributed by atoms with Gasteiger partial charge in [0.15, 0.2) is 0 Å². The van der Waals surface area contributed by atoms with Crippen molar-refractivity contribution in [3.8, 4) is 12.8 Å². The van der Waals surface area contributed by atoms with Crippen LogP contribution in [0.1, 0.15) is 39.8 Å². The molecule has 1 N–H and O–H groups in total. The van der Waals surface area contributed by atoms with Crippen molar-refractivity contribution in [2.75, 3.05) is 18.2 Å². The van der Waals surface area contributed by atoms with Gasteiger partial charge in [0.25, 0.3) is 0 Å². The largest absolute Gasteiger partial charge is 0.352 e. The first-order valence-corrected chi connectivity index (χ1v) is 13.1. The van der Waals surface area contributed by atoms with Crippen LogP contribution < -0.4 is 5.32 Å². The summed E-state index contributed by atoms with van der Waals surface area (Å²) in [6.45, 7) is 14.5. The number of rotatable bonds is 11. The number of allylic oxidation sites excluding steroid dienone is 9. The van der Waals surface area contributed by atoms with Crippen molar-refractivity contribution >= 4 is 28.7 Å². The number of nitrogens with zero attached hydrogens (tertiary/aromatic N) is 4. The molecule has 1 heterocycles. The second-order valence-electron chi connectivity index (χ2n) is 8.53. The van der Waals surface area contributed by atoms with Crippen LogP contribution in [0.5, 0.6) is 0 Å².